The van der Waals surface area contributed by atoms with Crippen LogP contribution in [0.15, 0.2) is 9.59 Å². The zero-order chi connectivity index (χ0) is 15.7. The predicted molar refractivity (Wildman–Crippen MR) is 68.5 cm³/mol. The first-order chi connectivity index (χ1) is 9.03. The van der Waals surface area contributed by atoms with E-state index >= 15 is 0 Å². The number of nitrogens with zero attached hydrogens (tertiary/aromatic N) is 2. The van der Waals surface area contributed by atoms with Crippen LogP contribution in [0.1, 0.15) is 26.5 Å². The Labute approximate surface area is 113 Å². The van der Waals surface area contributed by atoms with Crippen molar-refractivity contribution in [3.8, 4) is 0 Å². The summed E-state index contributed by atoms with van der Waals surface area (Å²) in [7, 11) is 1.23. The van der Waals surface area contributed by atoms with E-state index in [0.717, 1.165) is 4.57 Å². The highest BCUT2D eigenvalue weighted by Gasteiger charge is 2.27. The van der Waals surface area contributed by atoms with E-state index in [1.165, 1.54) is 7.05 Å². The summed E-state index contributed by atoms with van der Waals surface area (Å²) < 4.78 is 5.87. The molecule has 9 nitrogen and oxygen atoms in total. The normalized spacial score (nSPS) is 11.2. The van der Waals surface area contributed by atoms with Gasteiger partial charge in [-0.05, 0) is 20.8 Å². The van der Waals surface area contributed by atoms with Crippen molar-refractivity contribution in [2.24, 2.45) is 7.05 Å². The number of nitro groups is 1. The highest BCUT2D eigenvalue weighted by atomic mass is 16.6. The molecule has 0 atom stereocenters. The first-order valence-corrected chi connectivity index (χ1v) is 5.71. The van der Waals surface area contributed by atoms with Gasteiger partial charge in [-0.15, -0.1) is 0 Å². The minimum atomic E-state index is -1.14. The van der Waals surface area contributed by atoms with E-state index in [1.807, 2.05) is 4.98 Å². The Balaban J connectivity index is 3.31. The molecule has 1 N–H and O–H groups in total. The molecule has 0 aliphatic heterocycles. The zero-order valence-corrected chi connectivity index (χ0v) is 11.6. The Kier molecular flexibility index (Phi) is 4.11. The first kappa shape index (κ1) is 15.6. The molecular weight excluding hydrogens is 270 g/mol. The Morgan fingerprint density at radius 3 is 2.40 bits per heavy atom. The van der Waals surface area contributed by atoms with Crippen molar-refractivity contribution in [3.05, 3.63) is 36.6 Å². The van der Waals surface area contributed by atoms with Crippen LogP contribution < -0.4 is 11.2 Å². The fraction of sp³-hybridized carbons (Fsp3) is 0.545. The number of hydrogen-bond donors (Lipinski definition) is 1. The minimum absolute atomic E-state index is 0.294. The van der Waals surface area contributed by atoms with E-state index in [2.05, 4.69) is 0 Å². The van der Waals surface area contributed by atoms with Crippen molar-refractivity contribution in [2.45, 2.75) is 32.8 Å². The van der Waals surface area contributed by atoms with Gasteiger partial charge in [0.05, 0.1) is 11.3 Å². The summed E-state index contributed by atoms with van der Waals surface area (Å²) in [6, 6.07) is 0. The number of carbonyl (C=O) groups is 1. The van der Waals surface area contributed by atoms with Crippen molar-refractivity contribution in [3.63, 3.8) is 0 Å². The third-order valence-corrected chi connectivity index (χ3v) is 2.33. The molecule has 0 radical (unpaired) electrons. The SMILES string of the molecule is Cn1c(CC(=O)OC(C)(C)C)c([N+](=O)[O-])c(=O)[nH]c1=O. The van der Waals surface area contributed by atoms with Crippen LogP contribution >= 0.6 is 0 Å². The number of nitrogens with one attached hydrogen (secondary N) is 1. The van der Waals surface area contributed by atoms with E-state index in [9.17, 15) is 24.5 Å². The van der Waals surface area contributed by atoms with E-state index < -0.39 is 39.9 Å². The number of hydrogen-bond acceptors (Lipinski definition) is 6. The van der Waals surface area contributed by atoms with Gasteiger partial charge in [0.25, 0.3) is 0 Å². The third kappa shape index (κ3) is 3.53. The lowest BCUT2D eigenvalue weighted by molar-refractivity contribution is -0.387. The van der Waals surface area contributed by atoms with Crippen molar-refractivity contribution >= 4 is 11.7 Å². The highest BCUT2D eigenvalue weighted by molar-refractivity contribution is 5.73. The quantitative estimate of drug-likeness (QED) is 0.468. The number of aromatic amines is 1. The van der Waals surface area contributed by atoms with Gasteiger partial charge >= 0.3 is 22.9 Å². The second-order valence-electron chi connectivity index (χ2n) is 5.13. The molecule has 0 aromatic carbocycles. The van der Waals surface area contributed by atoms with Crippen LogP contribution in [0.2, 0.25) is 0 Å². The molecule has 0 bridgehead atoms. The molecule has 0 saturated heterocycles. The van der Waals surface area contributed by atoms with Crippen LogP contribution in [0.3, 0.4) is 0 Å². The summed E-state index contributed by atoms with van der Waals surface area (Å²) in [6.07, 6.45) is -0.538. The number of esters is 1. The Morgan fingerprint density at radius 1 is 1.40 bits per heavy atom. The number of rotatable bonds is 3. The maximum Gasteiger partial charge on any atom is 0.353 e. The molecule has 1 heterocycles. The lowest BCUT2D eigenvalue weighted by Crippen LogP contribution is -2.34. The molecule has 0 amide bonds. The number of aromatic nitrogens is 2. The van der Waals surface area contributed by atoms with Gasteiger partial charge in [0, 0.05) is 7.05 Å². The Morgan fingerprint density at radius 2 is 1.95 bits per heavy atom. The van der Waals surface area contributed by atoms with Crippen LogP contribution in [-0.4, -0.2) is 26.0 Å². The number of carbonyl (C=O) groups excluding carboxylic acids is 1. The van der Waals surface area contributed by atoms with Crippen LogP contribution in [0, 0.1) is 10.1 Å². The molecule has 0 aliphatic carbocycles. The molecular formula is C11H15N3O6. The van der Waals surface area contributed by atoms with Crippen molar-refractivity contribution in [2.75, 3.05) is 0 Å². The molecule has 1 aromatic rings. The van der Waals surface area contributed by atoms with Crippen LogP contribution in [0.5, 0.6) is 0 Å². The Bertz CT molecular complexity index is 664. The van der Waals surface area contributed by atoms with Gasteiger partial charge in [0.2, 0.25) is 0 Å². The highest BCUT2D eigenvalue weighted by Crippen LogP contribution is 2.14. The van der Waals surface area contributed by atoms with E-state index in [-0.39, 0.29) is 5.69 Å². The average Bonchev–Trinajstić information content (AvgIpc) is 2.22. The van der Waals surface area contributed by atoms with Gasteiger partial charge in [-0.2, -0.15) is 0 Å². The standard InChI is InChI=1S/C11H15N3O6/c1-11(2,3)20-7(15)5-6-8(14(18)19)9(16)12-10(17)13(6)4/h5H2,1-4H3,(H,12,16,17). The van der Waals surface area contributed by atoms with Gasteiger partial charge in [-0.25, -0.2) is 4.79 Å². The lowest BCUT2D eigenvalue weighted by atomic mass is 10.2. The second kappa shape index (κ2) is 5.27. The van der Waals surface area contributed by atoms with E-state index in [1.54, 1.807) is 20.8 Å². The van der Waals surface area contributed by atoms with E-state index in [4.69, 9.17) is 4.74 Å². The summed E-state index contributed by atoms with van der Waals surface area (Å²) in [4.78, 5) is 46.4. The first-order valence-electron chi connectivity index (χ1n) is 5.71. The summed E-state index contributed by atoms with van der Waals surface area (Å²) in [5, 5.41) is 10.9. The smallest absolute Gasteiger partial charge is 0.353 e. The van der Waals surface area contributed by atoms with Crippen LogP contribution in [0.4, 0.5) is 5.69 Å². The molecule has 0 aliphatic rings. The molecule has 0 spiro atoms. The molecule has 110 valence electrons. The molecule has 0 unspecified atom stereocenters. The molecule has 9 heteroatoms. The summed E-state index contributed by atoms with van der Waals surface area (Å²) >= 11 is 0. The average molecular weight is 285 g/mol. The molecule has 0 fully saturated rings. The second-order valence-corrected chi connectivity index (χ2v) is 5.13. The van der Waals surface area contributed by atoms with Crippen LogP contribution in [0.25, 0.3) is 0 Å². The van der Waals surface area contributed by atoms with E-state index in [0.29, 0.717) is 0 Å². The molecule has 0 saturated carbocycles. The van der Waals surface area contributed by atoms with Gasteiger partial charge in [0.15, 0.2) is 0 Å². The van der Waals surface area contributed by atoms with Crippen LogP contribution in [-0.2, 0) is 23.0 Å². The number of H-pyrrole nitrogens is 1. The predicted octanol–water partition coefficient (Wildman–Crippen LogP) is -0.134. The lowest BCUT2D eigenvalue weighted by Gasteiger charge is -2.19. The Hall–Kier alpha value is -2.45. The maximum absolute atomic E-state index is 11.7. The fourth-order valence-electron chi connectivity index (χ4n) is 1.56. The largest absolute Gasteiger partial charge is 0.460 e. The van der Waals surface area contributed by atoms with Crippen molar-refractivity contribution in [1.29, 1.82) is 0 Å². The van der Waals surface area contributed by atoms with Gasteiger partial charge in [0.1, 0.15) is 11.3 Å². The van der Waals surface area contributed by atoms with Crippen molar-refractivity contribution < 1.29 is 14.5 Å². The minimum Gasteiger partial charge on any atom is -0.460 e. The summed E-state index contributed by atoms with van der Waals surface area (Å²) in [5.74, 6) is -0.763. The van der Waals surface area contributed by atoms with Crippen molar-refractivity contribution in [1.82, 2.24) is 9.55 Å². The molecule has 20 heavy (non-hydrogen) atoms. The van der Waals surface area contributed by atoms with Gasteiger partial charge < -0.3 is 4.74 Å². The third-order valence-electron chi connectivity index (χ3n) is 2.33. The topological polar surface area (TPSA) is 124 Å². The summed E-state index contributed by atoms with van der Waals surface area (Å²) in [5.41, 5.74) is -3.88. The molecule has 1 rings (SSSR count). The number of ether oxygens (including phenoxy) is 1. The molecule has 1 aromatic heterocycles. The van der Waals surface area contributed by atoms with Gasteiger partial charge in [-0.1, -0.05) is 0 Å². The maximum atomic E-state index is 11.7. The van der Waals surface area contributed by atoms with Gasteiger partial charge in [-0.3, -0.25) is 29.3 Å². The summed E-state index contributed by atoms with van der Waals surface area (Å²) in [6.45, 7) is 4.91. The fourth-order valence-corrected chi connectivity index (χ4v) is 1.56. The zero-order valence-electron chi connectivity index (χ0n) is 11.6. The monoisotopic (exact) mass is 285 g/mol.